The molecule has 84 valence electrons. The van der Waals surface area contributed by atoms with E-state index in [0.717, 1.165) is 9.75 Å². The molecule has 0 atom stereocenters. The number of aliphatic hydroxyl groups excluding tert-OH is 1. The maximum atomic E-state index is 11.5. The lowest BCUT2D eigenvalue weighted by Crippen LogP contribution is -2.09. The second-order valence-electron chi connectivity index (χ2n) is 3.28. The first-order chi connectivity index (χ1) is 7.79. The summed E-state index contributed by atoms with van der Waals surface area (Å²) in [5.41, 5.74) is 0.568. The predicted octanol–water partition coefficient (Wildman–Crippen LogP) is 1.45. The van der Waals surface area contributed by atoms with E-state index in [4.69, 9.17) is 9.84 Å². The summed E-state index contributed by atoms with van der Waals surface area (Å²) in [7, 11) is 0. The Labute approximate surface area is 97.6 Å². The third-order valence-corrected chi connectivity index (χ3v) is 3.16. The average molecular weight is 235 g/mol. The van der Waals surface area contributed by atoms with E-state index in [0.29, 0.717) is 5.57 Å². The van der Waals surface area contributed by atoms with Gasteiger partial charge < -0.3 is 14.9 Å². The second kappa shape index (κ2) is 5.01. The molecule has 1 N–H and O–H groups in total. The summed E-state index contributed by atoms with van der Waals surface area (Å²) >= 11 is 1.44. The minimum Gasteiger partial charge on any atom is -0.607 e. The summed E-state index contributed by atoms with van der Waals surface area (Å²) in [4.78, 5) is 1.81. The number of ether oxygens (including phenoxy) is 1. The quantitative estimate of drug-likeness (QED) is 0.804. The van der Waals surface area contributed by atoms with Gasteiger partial charge in [-0.05, 0) is 17.7 Å². The molecule has 1 heterocycles. The lowest BCUT2D eigenvalue weighted by Gasteiger charge is -2.15. The highest BCUT2D eigenvalue weighted by Gasteiger charge is 1.99. The number of hydrogen-bond acceptors (Lipinski definition) is 4. The molecule has 1 aliphatic rings. The monoisotopic (exact) mass is 235 g/mol. The smallest absolute Gasteiger partial charge is 0.0774 e. The third-order valence-electron chi connectivity index (χ3n) is 2.12. The van der Waals surface area contributed by atoms with Crippen LogP contribution in [-0.2, 0) is 18.0 Å². The maximum absolute atomic E-state index is 11.5. The first-order valence-electron chi connectivity index (χ1n) is 4.87. The van der Waals surface area contributed by atoms with Crippen LogP contribution in [0, 0.1) is 0 Å². The van der Waals surface area contributed by atoms with Crippen LogP contribution in [0.25, 0.3) is 0 Å². The van der Waals surface area contributed by atoms with Crippen molar-refractivity contribution in [2.75, 3.05) is 0 Å². The van der Waals surface area contributed by atoms with E-state index in [2.05, 4.69) is 0 Å². The third kappa shape index (κ3) is 2.53. The van der Waals surface area contributed by atoms with Crippen LogP contribution in [0.2, 0.25) is 0 Å². The first kappa shape index (κ1) is 11.0. The van der Waals surface area contributed by atoms with Crippen LogP contribution in [0.4, 0.5) is 0 Å². The van der Waals surface area contributed by atoms with Crippen LogP contribution in [0.3, 0.4) is 0 Å². The number of thiophene rings is 1. The molecule has 4 heteroatoms. The molecule has 0 saturated carbocycles. The van der Waals surface area contributed by atoms with Crippen LogP contribution < -0.4 is 5.11 Å². The average Bonchev–Trinajstić information content (AvgIpc) is 2.96. The Morgan fingerprint density at radius 2 is 1.94 bits per heavy atom. The molecular formula is C12H11O3S-. The number of hydrogen-bond donors (Lipinski definition) is 1. The molecule has 0 amide bonds. The van der Waals surface area contributed by atoms with Crippen molar-refractivity contribution in [2.24, 2.45) is 0 Å². The maximum Gasteiger partial charge on any atom is 0.0774 e. The normalized spacial score (nSPS) is 13.4. The van der Waals surface area contributed by atoms with E-state index in [-0.39, 0.29) is 19.2 Å². The van der Waals surface area contributed by atoms with Gasteiger partial charge in [0, 0.05) is 16.4 Å². The molecule has 0 fully saturated rings. The highest BCUT2D eigenvalue weighted by Crippen LogP contribution is 2.19. The Morgan fingerprint density at radius 3 is 2.56 bits per heavy atom. The molecule has 0 bridgehead atoms. The molecule has 1 aromatic heterocycles. The molecule has 0 unspecified atom stereocenters. The van der Waals surface area contributed by atoms with Crippen molar-refractivity contribution >= 4 is 11.3 Å². The zero-order chi connectivity index (χ0) is 11.4. The van der Waals surface area contributed by atoms with Crippen molar-refractivity contribution in [3.8, 4) is 0 Å². The van der Waals surface area contributed by atoms with Crippen LogP contribution >= 0.6 is 11.3 Å². The van der Waals surface area contributed by atoms with E-state index in [1.807, 2.05) is 12.1 Å². The SMILES string of the molecule is [O-]C(OCc1ccc(CO)s1)=C1C=CC=C1. The fourth-order valence-electron chi connectivity index (χ4n) is 1.31. The molecule has 1 aliphatic carbocycles. The minimum absolute atomic E-state index is 0.0292. The zero-order valence-electron chi connectivity index (χ0n) is 8.55. The van der Waals surface area contributed by atoms with Crippen molar-refractivity contribution in [2.45, 2.75) is 13.2 Å². The van der Waals surface area contributed by atoms with Gasteiger partial charge in [-0.1, -0.05) is 24.3 Å². The molecule has 3 nitrogen and oxygen atoms in total. The van der Waals surface area contributed by atoms with Gasteiger partial charge in [-0.3, -0.25) is 0 Å². The van der Waals surface area contributed by atoms with Crippen molar-refractivity contribution in [3.05, 3.63) is 57.7 Å². The summed E-state index contributed by atoms with van der Waals surface area (Å²) in [6, 6.07) is 3.69. The topological polar surface area (TPSA) is 52.5 Å². The van der Waals surface area contributed by atoms with Gasteiger partial charge in [0.1, 0.15) is 0 Å². The van der Waals surface area contributed by atoms with Gasteiger partial charge >= 0.3 is 0 Å². The Kier molecular flexibility index (Phi) is 3.44. The second-order valence-corrected chi connectivity index (χ2v) is 4.53. The van der Waals surface area contributed by atoms with Gasteiger partial charge in [0.2, 0.25) is 0 Å². The van der Waals surface area contributed by atoms with Crippen molar-refractivity contribution in [1.29, 1.82) is 0 Å². The lowest BCUT2D eigenvalue weighted by molar-refractivity contribution is -0.360. The van der Waals surface area contributed by atoms with E-state index < -0.39 is 0 Å². The molecule has 0 radical (unpaired) electrons. The van der Waals surface area contributed by atoms with Crippen LogP contribution in [0.1, 0.15) is 9.75 Å². The van der Waals surface area contributed by atoms with Gasteiger partial charge in [0.15, 0.2) is 0 Å². The summed E-state index contributed by atoms with van der Waals surface area (Å²) in [6.07, 6.45) is 7.03. The van der Waals surface area contributed by atoms with Crippen molar-refractivity contribution in [1.82, 2.24) is 0 Å². The van der Waals surface area contributed by atoms with Gasteiger partial charge in [-0.15, -0.1) is 11.3 Å². The zero-order valence-corrected chi connectivity index (χ0v) is 9.37. The Bertz CT molecular complexity index is 441. The largest absolute Gasteiger partial charge is 0.607 e. The standard InChI is InChI=1S/C12H12O3S/c13-7-10-5-6-11(16-10)8-15-12(14)9-3-1-2-4-9/h1-6,13-14H,7-8H2/p-1. The molecule has 0 saturated heterocycles. The summed E-state index contributed by atoms with van der Waals surface area (Å²) in [6.45, 7) is 0.288. The van der Waals surface area contributed by atoms with Crippen LogP contribution in [0.5, 0.6) is 0 Å². The fourth-order valence-corrected chi connectivity index (χ4v) is 2.11. The van der Waals surface area contributed by atoms with E-state index in [9.17, 15) is 5.11 Å². The molecule has 0 aliphatic heterocycles. The summed E-state index contributed by atoms with van der Waals surface area (Å²) in [5.74, 6) is -0.316. The highest BCUT2D eigenvalue weighted by atomic mass is 32.1. The first-order valence-corrected chi connectivity index (χ1v) is 5.68. The molecule has 0 aromatic carbocycles. The Morgan fingerprint density at radius 1 is 1.25 bits per heavy atom. The van der Waals surface area contributed by atoms with Gasteiger partial charge in [-0.25, -0.2) is 0 Å². The molecule has 16 heavy (non-hydrogen) atoms. The summed E-state index contributed by atoms with van der Waals surface area (Å²) < 4.78 is 5.12. The number of rotatable bonds is 4. The van der Waals surface area contributed by atoms with E-state index >= 15 is 0 Å². The summed E-state index contributed by atoms with van der Waals surface area (Å²) in [5, 5.41) is 20.4. The van der Waals surface area contributed by atoms with Gasteiger partial charge in [-0.2, -0.15) is 0 Å². The number of aliphatic hydroxyl groups is 1. The fraction of sp³-hybridized carbons (Fsp3) is 0.167. The van der Waals surface area contributed by atoms with Crippen LogP contribution in [0.15, 0.2) is 48.0 Å². The highest BCUT2D eigenvalue weighted by molar-refractivity contribution is 7.11. The van der Waals surface area contributed by atoms with Crippen molar-refractivity contribution < 1.29 is 14.9 Å². The van der Waals surface area contributed by atoms with E-state index in [1.165, 1.54) is 11.3 Å². The molecule has 0 spiro atoms. The van der Waals surface area contributed by atoms with Crippen molar-refractivity contribution in [3.63, 3.8) is 0 Å². The number of allylic oxidation sites excluding steroid dienone is 5. The minimum atomic E-state index is -0.316. The predicted molar refractivity (Wildman–Crippen MR) is 60.3 cm³/mol. The lowest BCUT2D eigenvalue weighted by atomic mass is 10.3. The van der Waals surface area contributed by atoms with Gasteiger partial charge in [0.05, 0.1) is 12.6 Å². The molecule has 2 rings (SSSR count). The Hall–Kier alpha value is -1.52. The van der Waals surface area contributed by atoms with Gasteiger partial charge in [0.25, 0.3) is 0 Å². The van der Waals surface area contributed by atoms with E-state index in [1.54, 1.807) is 24.3 Å². The molecular weight excluding hydrogens is 224 g/mol. The van der Waals surface area contributed by atoms with Crippen LogP contribution in [-0.4, -0.2) is 5.11 Å². The molecule has 1 aromatic rings. The Balaban J connectivity index is 1.94.